The van der Waals surface area contributed by atoms with Crippen LogP contribution in [0, 0.1) is 0 Å². The fraction of sp³-hybridized carbons (Fsp3) is 1.00. The molecule has 2 fully saturated rings. The van der Waals surface area contributed by atoms with E-state index in [1.807, 2.05) is 0 Å². The van der Waals surface area contributed by atoms with Crippen LogP contribution >= 0.6 is 0 Å². The maximum Gasteiger partial charge on any atom is 0.214 e. The van der Waals surface area contributed by atoms with Crippen molar-refractivity contribution in [3.63, 3.8) is 0 Å². The van der Waals surface area contributed by atoms with Gasteiger partial charge in [-0.15, -0.1) is 0 Å². The summed E-state index contributed by atoms with van der Waals surface area (Å²) in [4.78, 5) is 0. The third-order valence-corrected chi connectivity index (χ3v) is 6.35. The summed E-state index contributed by atoms with van der Waals surface area (Å²) in [6, 6.07) is 0.634. The van der Waals surface area contributed by atoms with Crippen molar-refractivity contribution >= 4 is 20.8 Å². The second-order valence-electron chi connectivity index (χ2n) is 4.65. The van der Waals surface area contributed by atoms with Crippen molar-refractivity contribution in [1.82, 2.24) is 9.62 Å². The summed E-state index contributed by atoms with van der Waals surface area (Å²) < 4.78 is 36.6. The highest BCUT2D eigenvalue weighted by molar-refractivity contribution is 7.89. The molecule has 2 rings (SSSR count). The normalized spacial score (nSPS) is 24.0. The molecule has 0 radical (unpaired) electrons. The Balaban J connectivity index is 1.71. The monoisotopic (exact) mass is 280 g/mol. The Kier molecular flexibility index (Phi) is 4.57. The van der Waals surface area contributed by atoms with Crippen molar-refractivity contribution in [3.8, 4) is 0 Å². The molecule has 1 saturated carbocycles. The highest BCUT2D eigenvalue weighted by Gasteiger charge is 2.26. The molecular weight excluding hydrogens is 260 g/mol. The number of hydrogen-bond donors (Lipinski definition) is 1. The van der Waals surface area contributed by atoms with Crippen LogP contribution in [-0.4, -0.2) is 59.9 Å². The first-order chi connectivity index (χ1) is 8.08. The van der Waals surface area contributed by atoms with Crippen LogP contribution in [0.2, 0.25) is 0 Å². The average molecular weight is 280 g/mol. The van der Waals surface area contributed by atoms with Gasteiger partial charge in [-0.05, 0) is 25.8 Å². The van der Waals surface area contributed by atoms with Crippen LogP contribution in [0.5, 0.6) is 0 Å². The number of rotatable bonds is 6. The smallest absolute Gasteiger partial charge is 0.214 e. The van der Waals surface area contributed by atoms with Crippen molar-refractivity contribution in [1.29, 1.82) is 0 Å². The Bertz CT molecular complexity index is 369. The number of hydrogen-bond acceptors (Lipinski definition) is 4. The SMILES string of the molecule is O=S1CCN(S(=O)(=O)CCCNC2CC2)CC1. The molecule has 2 aliphatic rings. The topological polar surface area (TPSA) is 66.5 Å². The Morgan fingerprint density at radius 1 is 1.24 bits per heavy atom. The Morgan fingerprint density at radius 2 is 1.88 bits per heavy atom. The molecule has 17 heavy (non-hydrogen) atoms. The molecule has 0 aromatic heterocycles. The molecule has 5 nitrogen and oxygen atoms in total. The van der Waals surface area contributed by atoms with Gasteiger partial charge in [-0.1, -0.05) is 0 Å². The van der Waals surface area contributed by atoms with E-state index in [0.717, 1.165) is 6.54 Å². The highest BCUT2D eigenvalue weighted by atomic mass is 32.2. The summed E-state index contributed by atoms with van der Waals surface area (Å²) >= 11 is 0. The summed E-state index contributed by atoms with van der Waals surface area (Å²) in [5.41, 5.74) is 0. The zero-order chi connectivity index (χ0) is 12.3. The van der Waals surface area contributed by atoms with E-state index in [2.05, 4.69) is 5.32 Å². The molecule has 0 spiro atoms. The minimum atomic E-state index is -3.13. The Labute approximate surface area is 105 Å². The van der Waals surface area contributed by atoms with Crippen molar-refractivity contribution in [2.24, 2.45) is 0 Å². The maximum absolute atomic E-state index is 12.0. The molecule has 0 amide bonds. The van der Waals surface area contributed by atoms with Gasteiger partial charge in [0.25, 0.3) is 0 Å². The molecule has 100 valence electrons. The molecule has 0 atom stereocenters. The van der Waals surface area contributed by atoms with Gasteiger partial charge >= 0.3 is 0 Å². The Hall–Kier alpha value is 0.0200. The van der Waals surface area contributed by atoms with E-state index in [1.54, 1.807) is 0 Å². The van der Waals surface area contributed by atoms with Gasteiger partial charge in [0.1, 0.15) is 0 Å². The predicted molar refractivity (Wildman–Crippen MR) is 68.9 cm³/mol. The summed E-state index contributed by atoms with van der Waals surface area (Å²) in [5.74, 6) is 1.18. The lowest BCUT2D eigenvalue weighted by atomic mass is 10.5. The summed E-state index contributed by atoms with van der Waals surface area (Å²) in [6.07, 6.45) is 3.12. The van der Waals surface area contributed by atoms with Crippen molar-refractivity contribution < 1.29 is 12.6 Å². The fourth-order valence-corrected chi connectivity index (χ4v) is 4.67. The fourth-order valence-electron chi connectivity index (χ4n) is 1.88. The molecule has 0 unspecified atom stereocenters. The highest BCUT2D eigenvalue weighted by Crippen LogP contribution is 2.18. The van der Waals surface area contributed by atoms with Crippen LogP contribution < -0.4 is 5.32 Å². The molecule has 1 N–H and O–H groups in total. The van der Waals surface area contributed by atoms with Gasteiger partial charge in [-0.2, -0.15) is 0 Å². The second-order valence-corrected chi connectivity index (χ2v) is 8.43. The van der Waals surface area contributed by atoms with E-state index in [4.69, 9.17) is 0 Å². The van der Waals surface area contributed by atoms with Gasteiger partial charge in [0.2, 0.25) is 10.0 Å². The summed E-state index contributed by atoms with van der Waals surface area (Å²) in [7, 11) is -3.94. The average Bonchev–Trinajstić information content (AvgIpc) is 3.09. The van der Waals surface area contributed by atoms with Gasteiger partial charge in [-0.25, -0.2) is 12.7 Å². The van der Waals surface area contributed by atoms with E-state index in [1.165, 1.54) is 17.1 Å². The number of sulfonamides is 1. The molecule has 0 aromatic rings. The van der Waals surface area contributed by atoms with E-state index in [0.29, 0.717) is 37.1 Å². The van der Waals surface area contributed by atoms with Crippen LogP contribution in [0.15, 0.2) is 0 Å². The third kappa shape index (κ3) is 4.31. The molecule has 0 bridgehead atoms. The minimum absolute atomic E-state index is 0.208. The van der Waals surface area contributed by atoms with Crippen molar-refractivity contribution in [3.05, 3.63) is 0 Å². The van der Waals surface area contributed by atoms with Gasteiger partial charge in [0.05, 0.1) is 5.75 Å². The minimum Gasteiger partial charge on any atom is -0.314 e. The van der Waals surface area contributed by atoms with E-state index in [-0.39, 0.29) is 5.75 Å². The van der Waals surface area contributed by atoms with Crippen LogP contribution in [0.1, 0.15) is 19.3 Å². The second kappa shape index (κ2) is 5.77. The first kappa shape index (κ1) is 13.5. The molecule has 1 aliphatic carbocycles. The lowest BCUT2D eigenvalue weighted by Gasteiger charge is -2.25. The van der Waals surface area contributed by atoms with Gasteiger partial charge in [-0.3, -0.25) is 4.21 Å². The lowest BCUT2D eigenvalue weighted by molar-refractivity contribution is 0.437. The van der Waals surface area contributed by atoms with Gasteiger partial charge in [0, 0.05) is 41.4 Å². The quantitative estimate of drug-likeness (QED) is 0.668. The van der Waals surface area contributed by atoms with Crippen molar-refractivity contribution in [2.45, 2.75) is 25.3 Å². The van der Waals surface area contributed by atoms with Crippen LogP contribution in [0.3, 0.4) is 0 Å². The molecule has 1 aliphatic heterocycles. The molecule has 7 heteroatoms. The van der Waals surface area contributed by atoms with E-state index < -0.39 is 20.8 Å². The number of nitrogens with one attached hydrogen (secondary N) is 1. The van der Waals surface area contributed by atoms with Gasteiger partial charge in [0.15, 0.2) is 0 Å². The van der Waals surface area contributed by atoms with Crippen LogP contribution in [-0.2, 0) is 20.8 Å². The van der Waals surface area contributed by atoms with Crippen molar-refractivity contribution in [2.75, 3.05) is 36.9 Å². The molecule has 1 saturated heterocycles. The first-order valence-corrected chi connectivity index (χ1v) is 9.24. The van der Waals surface area contributed by atoms with E-state index >= 15 is 0 Å². The van der Waals surface area contributed by atoms with Crippen LogP contribution in [0.4, 0.5) is 0 Å². The lowest BCUT2D eigenvalue weighted by Crippen LogP contribution is -2.43. The van der Waals surface area contributed by atoms with E-state index in [9.17, 15) is 12.6 Å². The Morgan fingerprint density at radius 3 is 2.47 bits per heavy atom. The molecular formula is C10H20N2O3S2. The van der Waals surface area contributed by atoms with Gasteiger partial charge < -0.3 is 5.32 Å². The third-order valence-electron chi connectivity index (χ3n) is 3.12. The molecule has 1 heterocycles. The largest absolute Gasteiger partial charge is 0.314 e. The summed E-state index contributed by atoms with van der Waals surface area (Å²) in [6.45, 7) is 1.62. The zero-order valence-electron chi connectivity index (χ0n) is 9.93. The molecule has 0 aromatic carbocycles. The number of nitrogens with zero attached hydrogens (tertiary/aromatic N) is 1. The first-order valence-electron chi connectivity index (χ1n) is 6.14. The zero-order valence-corrected chi connectivity index (χ0v) is 11.6. The van der Waals surface area contributed by atoms with Crippen LogP contribution in [0.25, 0.3) is 0 Å². The predicted octanol–water partition coefficient (Wildman–Crippen LogP) is -0.477. The summed E-state index contributed by atoms with van der Waals surface area (Å²) in [5, 5.41) is 3.31. The maximum atomic E-state index is 12.0. The standard InChI is InChI=1S/C10H20N2O3S2/c13-16-7-5-12(6-8-16)17(14,15)9-1-4-11-10-2-3-10/h10-11H,1-9H2.